The molecule has 172 valence electrons. The molecule has 1 fully saturated rings. The first kappa shape index (κ1) is 22.0. The van der Waals surface area contributed by atoms with Gasteiger partial charge in [-0.15, -0.1) is 0 Å². The van der Waals surface area contributed by atoms with Crippen molar-refractivity contribution in [3.63, 3.8) is 0 Å². The van der Waals surface area contributed by atoms with E-state index in [4.69, 9.17) is 0 Å². The van der Waals surface area contributed by atoms with E-state index in [2.05, 4.69) is 25.5 Å². The van der Waals surface area contributed by atoms with Gasteiger partial charge in [0.15, 0.2) is 5.65 Å². The Morgan fingerprint density at radius 1 is 1.16 bits per heavy atom. The Balaban J connectivity index is 1.38. The number of aromatic nitrogens is 6. The minimum absolute atomic E-state index is 0.377. The van der Waals surface area contributed by atoms with Crippen molar-refractivity contribution >= 4 is 28.8 Å². The molecule has 0 unspecified atom stereocenters. The molecule has 0 saturated heterocycles. The highest BCUT2D eigenvalue weighted by Crippen LogP contribution is 2.32. The number of rotatable bonds is 6. The van der Waals surface area contributed by atoms with Crippen LogP contribution >= 0.6 is 0 Å². The van der Waals surface area contributed by atoms with E-state index in [9.17, 15) is 9.90 Å². The number of carboxylic acid groups (broad SMARTS) is 1. The van der Waals surface area contributed by atoms with Gasteiger partial charge >= 0.3 is 6.09 Å². The molecule has 1 aliphatic rings. The van der Waals surface area contributed by atoms with Gasteiger partial charge in [-0.1, -0.05) is 0 Å². The first-order chi connectivity index (χ1) is 15.2. The zero-order chi connectivity index (χ0) is 22.9. The summed E-state index contributed by atoms with van der Waals surface area (Å²) in [7, 11) is 1.86. The smallest absolute Gasteiger partial charge is 0.407 e. The summed E-state index contributed by atoms with van der Waals surface area (Å²) in [6.07, 6.45) is 10.6. The number of hydrogen-bond donors (Lipinski definition) is 2. The summed E-state index contributed by atoms with van der Waals surface area (Å²) >= 11 is 0. The van der Waals surface area contributed by atoms with Crippen molar-refractivity contribution in [2.24, 2.45) is 18.9 Å². The number of nitrogens with zero attached hydrogens (tertiary/aromatic N) is 7. The molecular formula is C22H32N8O2. The van der Waals surface area contributed by atoms with Crippen LogP contribution < -0.4 is 5.32 Å². The lowest BCUT2D eigenvalue weighted by molar-refractivity contribution is 0.0789. The Hall–Kier alpha value is -3.17. The molecule has 10 heteroatoms. The SMILES string of the molecule is Cn1cc(Nc2ncc3cnn(CC4CCC(CN(C(=O)O)C(C)(C)C)CC4)c3n2)cn1. The predicted octanol–water partition coefficient (Wildman–Crippen LogP) is 3.89. The van der Waals surface area contributed by atoms with Crippen LogP contribution in [-0.2, 0) is 13.6 Å². The maximum absolute atomic E-state index is 11.7. The van der Waals surface area contributed by atoms with Gasteiger partial charge in [-0.05, 0) is 58.3 Å². The first-order valence-electron chi connectivity index (χ1n) is 11.1. The second-order valence-electron chi connectivity index (χ2n) is 9.78. The third-order valence-corrected chi connectivity index (χ3v) is 6.22. The van der Waals surface area contributed by atoms with Crippen molar-refractivity contribution in [3.05, 3.63) is 24.8 Å². The molecule has 0 spiro atoms. The minimum atomic E-state index is -0.835. The van der Waals surface area contributed by atoms with Crippen molar-refractivity contribution in [1.82, 2.24) is 34.4 Å². The van der Waals surface area contributed by atoms with Crippen LogP contribution in [0.2, 0.25) is 0 Å². The van der Waals surface area contributed by atoms with E-state index < -0.39 is 6.09 Å². The molecular weight excluding hydrogens is 408 g/mol. The fraction of sp³-hybridized carbons (Fsp3) is 0.591. The zero-order valence-corrected chi connectivity index (χ0v) is 19.2. The van der Waals surface area contributed by atoms with Gasteiger partial charge in [0.2, 0.25) is 5.95 Å². The zero-order valence-electron chi connectivity index (χ0n) is 19.2. The molecule has 2 N–H and O–H groups in total. The van der Waals surface area contributed by atoms with E-state index in [1.807, 2.05) is 44.9 Å². The van der Waals surface area contributed by atoms with Gasteiger partial charge in [0, 0.05) is 38.1 Å². The molecule has 3 aromatic rings. The number of hydrogen-bond acceptors (Lipinski definition) is 6. The standard InChI is InChI=1S/C22H32N8O2/c1-22(2,3)29(21(31)32)12-15-5-7-16(8-6-15)13-30-19-17(10-25-30)9-23-20(27-19)26-18-11-24-28(4)14-18/h9-11,14-16H,5-8,12-13H2,1-4H3,(H,31,32)(H,23,26,27). The highest BCUT2D eigenvalue weighted by Gasteiger charge is 2.31. The summed E-state index contributed by atoms with van der Waals surface area (Å²) < 4.78 is 3.69. The molecule has 1 aliphatic carbocycles. The first-order valence-corrected chi connectivity index (χ1v) is 11.1. The lowest BCUT2D eigenvalue weighted by Crippen LogP contribution is -2.47. The van der Waals surface area contributed by atoms with Gasteiger partial charge in [0.25, 0.3) is 0 Å². The molecule has 0 aromatic carbocycles. The van der Waals surface area contributed by atoms with Gasteiger partial charge in [-0.3, -0.25) is 4.68 Å². The second kappa shape index (κ2) is 8.76. The van der Waals surface area contributed by atoms with Crippen molar-refractivity contribution in [1.29, 1.82) is 0 Å². The van der Waals surface area contributed by atoms with E-state index in [0.29, 0.717) is 24.3 Å². The molecule has 0 atom stereocenters. The van der Waals surface area contributed by atoms with E-state index in [-0.39, 0.29) is 5.54 Å². The van der Waals surface area contributed by atoms with Gasteiger partial charge in [-0.2, -0.15) is 15.2 Å². The van der Waals surface area contributed by atoms with Crippen LogP contribution in [0.1, 0.15) is 46.5 Å². The van der Waals surface area contributed by atoms with Crippen LogP contribution in [0.5, 0.6) is 0 Å². The largest absolute Gasteiger partial charge is 0.465 e. The lowest BCUT2D eigenvalue weighted by Gasteiger charge is -2.38. The van der Waals surface area contributed by atoms with Crippen LogP contribution in [-0.4, -0.2) is 57.7 Å². The minimum Gasteiger partial charge on any atom is -0.465 e. The molecule has 1 saturated carbocycles. The summed E-state index contributed by atoms with van der Waals surface area (Å²) in [5.74, 6) is 1.44. The van der Waals surface area contributed by atoms with Gasteiger partial charge < -0.3 is 15.3 Å². The van der Waals surface area contributed by atoms with E-state index in [1.54, 1.807) is 22.0 Å². The summed E-state index contributed by atoms with van der Waals surface area (Å²) in [4.78, 5) is 22.3. The third kappa shape index (κ3) is 5.00. The Labute approximate surface area is 187 Å². The van der Waals surface area contributed by atoms with Crippen LogP contribution in [0, 0.1) is 11.8 Å². The fourth-order valence-electron chi connectivity index (χ4n) is 4.41. The Morgan fingerprint density at radius 2 is 1.88 bits per heavy atom. The Kier molecular flexibility index (Phi) is 6.03. The summed E-state index contributed by atoms with van der Waals surface area (Å²) in [6, 6.07) is 0. The van der Waals surface area contributed by atoms with E-state index in [0.717, 1.165) is 48.9 Å². The molecule has 10 nitrogen and oxygen atoms in total. The maximum atomic E-state index is 11.7. The molecule has 0 radical (unpaired) electrons. The van der Waals surface area contributed by atoms with Crippen molar-refractivity contribution < 1.29 is 9.90 Å². The number of amides is 1. The normalized spacial score (nSPS) is 19.2. The van der Waals surface area contributed by atoms with Gasteiger partial charge in [0.05, 0.1) is 23.5 Å². The number of anilines is 2. The average Bonchev–Trinajstić information content (AvgIpc) is 3.32. The fourth-order valence-corrected chi connectivity index (χ4v) is 4.41. The maximum Gasteiger partial charge on any atom is 0.407 e. The molecule has 3 heterocycles. The monoisotopic (exact) mass is 440 g/mol. The van der Waals surface area contributed by atoms with Crippen molar-refractivity contribution in [3.8, 4) is 0 Å². The topological polar surface area (TPSA) is 114 Å². The van der Waals surface area contributed by atoms with Crippen LogP contribution in [0.3, 0.4) is 0 Å². The van der Waals surface area contributed by atoms with Crippen LogP contribution in [0.25, 0.3) is 11.0 Å². The highest BCUT2D eigenvalue weighted by atomic mass is 16.4. The molecule has 3 aromatic heterocycles. The van der Waals surface area contributed by atoms with Crippen LogP contribution in [0.15, 0.2) is 24.8 Å². The molecule has 0 aliphatic heterocycles. The highest BCUT2D eigenvalue weighted by molar-refractivity contribution is 5.75. The Morgan fingerprint density at radius 3 is 2.50 bits per heavy atom. The number of aryl methyl sites for hydroxylation is 1. The third-order valence-electron chi connectivity index (χ3n) is 6.22. The van der Waals surface area contributed by atoms with Gasteiger partial charge in [0.1, 0.15) is 0 Å². The van der Waals surface area contributed by atoms with Crippen LogP contribution in [0.4, 0.5) is 16.4 Å². The summed E-state index contributed by atoms with van der Waals surface area (Å²) in [5, 5.41) is 22.4. The Bertz CT molecular complexity index is 1080. The predicted molar refractivity (Wildman–Crippen MR) is 122 cm³/mol. The molecule has 32 heavy (non-hydrogen) atoms. The summed E-state index contributed by atoms with van der Waals surface area (Å²) in [6.45, 7) is 7.27. The molecule has 1 amide bonds. The average molecular weight is 441 g/mol. The lowest BCUT2D eigenvalue weighted by atomic mass is 9.81. The quantitative estimate of drug-likeness (QED) is 0.598. The number of nitrogens with one attached hydrogen (secondary N) is 1. The van der Waals surface area contributed by atoms with E-state index >= 15 is 0 Å². The number of carbonyl (C=O) groups is 1. The van der Waals surface area contributed by atoms with E-state index in [1.165, 1.54) is 0 Å². The molecule has 4 rings (SSSR count). The van der Waals surface area contributed by atoms with Crippen molar-refractivity contribution in [2.45, 2.75) is 58.5 Å². The second-order valence-corrected chi connectivity index (χ2v) is 9.78. The summed E-state index contributed by atoms with van der Waals surface area (Å²) in [5.41, 5.74) is 1.28. The van der Waals surface area contributed by atoms with Crippen molar-refractivity contribution in [2.75, 3.05) is 11.9 Å². The number of fused-ring (bicyclic) bond motifs is 1. The van der Waals surface area contributed by atoms with Gasteiger partial charge in [-0.25, -0.2) is 14.5 Å². The molecule has 0 bridgehead atoms.